The molecule has 3 nitrogen and oxygen atoms in total. The molecule has 0 saturated carbocycles. The normalized spacial score (nSPS) is 15.9. The third-order valence-corrected chi connectivity index (χ3v) is 3.09. The summed E-state index contributed by atoms with van der Waals surface area (Å²) in [6.45, 7) is 3.65. The number of nitriles is 1. The van der Waals surface area contributed by atoms with Crippen LogP contribution in [0.2, 0.25) is 0 Å². The number of rotatable bonds is 5. The Balaban J connectivity index is 2.76. The predicted molar refractivity (Wildman–Crippen MR) is 66.5 cm³/mol. The molecule has 3 atom stereocenters. The minimum absolute atomic E-state index is 0.215. The lowest BCUT2D eigenvalue weighted by molar-refractivity contribution is 0.0215. The maximum atomic E-state index is 9.69. The first-order chi connectivity index (χ1) is 8.08. The highest BCUT2D eigenvalue weighted by molar-refractivity contribution is 5.33. The Labute approximate surface area is 102 Å². The van der Waals surface area contributed by atoms with Crippen LogP contribution >= 0.6 is 0 Å². The molecule has 0 aromatic heterocycles. The molecule has 0 saturated heterocycles. The zero-order chi connectivity index (χ0) is 12.8. The fourth-order valence-electron chi connectivity index (χ4n) is 1.86. The van der Waals surface area contributed by atoms with Crippen molar-refractivity contribution in [3.8, 4) is 6.07 Å². The van der Waals surface area contributed by atoms with Gasteiger partial charge in [0.15, 0.2) is 0 Å². The van der Waals surface area contributed by atoms with Gasteiger partial charge in [0.2, 0.25) is 0 Å². The maximum Gasteiger partial charge on any atom is 0.0991 e. The van der Waals surface area contributed by atoms with Crippen LogP contribution in [0.1, 0.15) is 43.7 Å². The first-order valence-electron chi connectivity index (χ1n) is 5.94. The summed E-state index contributed by atoms with van der Waals surface area (Å²) in [6, 6.07) is 9.49. The molecule has 0 heterocycles. The lowest BCUT2D eigenvalue weighted by Gasteiger charge is -2.21. The molecule has 2 N–H and O–H groups in total. The molecular formula is C14H19NO2. The van der Waals surface area contributed by atoms with Gasteiger partial charge >= 0.3 is 0 Å². The maximum absolute atomic E-state index is 9.69. The van der Waals surface area contributed by atoms with Crippen molar-refractivity contribution >= 4 is 0 Å². The molecule has 0 amide bonds. The summed E-state index contributed by atoms with van der Waals surface area (Å²) >= 11 is 0. The minimum Gasteiger partial charge on any atom is -0.391 e. The third kappa shape index (κ3) is 3.85. The second-order valence-electron chi connectivity index (χ2n) is 4.38. The number of aliphatic hydroxyl groups excluding tert-OH is 2. The van der Waals surface area contributed by atoms with Crippen LogP contribution in [-0.2, 0) is 0 Å². The summed E-state index contributed by atoms with van der Waals surface area (Å²) < 4.78 is 0. The summed E-state index contributed by atoms with van der Waals surface area (Å²) in [5.74, 6) is 0.215. The molecule has 0 aliphatic rings. The van der Waals surface area contributed by atoms with E-state index in [1.54, 1.807) is 19.1 Å². The quantitative estimate of drug-likeness (QED) is 0.819. The van der Waals surface area contributed by atoms with Crippen LogP contribution in [0.25, 0.3) is 0 Å². The summed E-state index contributed by atoms with van der Waals surface area (Å²) in [6.07, 6.45) is 0.0356. The summed E-state index contributed by atoms with van der Waals surface area (Å²) in [5.41, 5.74) is 1.74. The number of benzene rings is 1. The van der Waals surface area contributed by atoms with Gasteiger partial charge in [0.1, 0.15) is 0 Å². The zero-order valence-corrected chi connectivity index (χ0v) is 10.3. The van der Waals surface area contributed by atoms with Gasteiger partial charge in [0.25, 0.3) is 0 Å². The van der Waals surface area contributed by atoms with Crippen molar-refractivity contribution in [3.63, 3.8) is 0 Å². The minimum atomic E-state index is -0.706. The molecule has 0 aliphatic heterocycles. The topological polar surface area (TPSA) is 64.2 Å². The van der Waals surface area contributed by atoms with Gasteiger partial charge in [-0.05, 0) is 43.4 Å². The average molecular weight is 233 g/mol. The first kappa shape index (κ1) is 13.7. The van der Waals surface area contributed by atoms with E-state index in [2.05, 4.69) is 13.0 Å². The summed E-state index contributed by atoms with van der Waals surface area (Å²) in [7, 11) is 0. The highest BCUT2D eigenvalue weighted by Gasteiger charge is 2.18. The Morgan fingerprint density at radius 2 is 1.82 bits per heavy atom. The molecule has 0 bridgehead atoms. The van der Waals surface area contributed by atoms with Crippen LogP contribution in [-0.4, -0.2) is 22.4 Å². The lowest BCUT2D eigenvalue weighted by Crippen LogP contribution is -2.24. The molecule has 92 valence electrons. The second-order valence-corrected chi connectivity index (χ2v) is 4.38. The van der Waals surface area contributed by atoms with Gasteiger partial charge < -0.3 is 10.2 Å². The van der Waals surface area contributed by atoms with Crippen molar-refractivity contribution in [1.82, 2.24) is 0 Å². The van der Waals surface area contributed by atoms with E-state index in [9.17, 15) is 10.2 Å². The molecule has 17 heavy (non-hydrogen) atoms. The smallest absolute Gasteiger partial charge is 0.0991 e. The zero-order valence-electron chi connectivity index (χ0n) is 10.3. The highest BCUT2D eigenvalue weighted by Crippen LogP contribution is 2.25. The molecular weight excluding hydrogens is 214 g/mol. The van der Waals surface area contributed by atoms with Crippen LogP contribution in [0.15, 0.2) is 24.3 Å². The Morgan fingerprint density at radius 3 is 2.24 bits per heavy atom. The van der Waals surface area contributed by atoms with Gasteiger partial charge in [0.05, 0.1) is 23.8 Å². The fraction of sp³-hybridized carbons (Fsp3) is 0.500. The second kappa shape index (κ2) is 6.39. The average Bonchev–Trinajstić information content (AvgIpc) is 2.35. The van der Waals surface area contributed by atoms with E-state index in [-0.39, 0.29) is 5.92 Å². The first-order valence-corrected chi connectivity index (χ1v) is 5.94. The van der Waals surface area contributed by atoms with Crippen molar-refractivity contribution in [3.05, 3.63) is 35.4 Å². The van der Waals surface area contributed by atoms with E-state index < -0.39 is 12.2 Å². The summed E-state index contributed by atoms with van der Waals surface area (Å²) in [4.78, 5) is 0. The summed E-state index contributed by atoms with van der Waals surface area (Å²) in [5, 5.41) is 27.7. The van der Waals surface area contributed by atoms with Gasteiger partial charge in [-0.25, -0.2) is 0 Å². The number of nitrogens with zero attached hydrogens (tertiary/aromatic N) is 1. The van der Waals surface area contributed by atoms with Gasteiger partial charge in [-0.3, -0.25) is 0 Å². The number of hydrogen-bond acceptors (Lipinski definition) is 3. The largest absolute Gasteiger partial charge is 0.391 e. The molecule has 0 aliphatic carbocycles. The van der Waals surface area contributed by atoms with Gasteiger partial charge in [0, 0.05) is 0 Å². The molecule has 1 aromatic carbocycles. The third-order valence-electron chi connectivity index (χ3n) is 3.09. The lowest BCUT2D eigenvalue weighted by atomic mass is 9.89. The molecule has 0 radical (unpaired) electrons. The number of hydrogen-bond donors (Lipinski definition) is 2. The van der Waals surface area contributed by atoms with Crippen LogP contribution < -0.4 is 0 Å². The van der Waals surface area contributed by atoms with Crippen LogP contribution in [0.4, 0.5) is 0 Å². The van der Waals surface area contributed by atoms with E-state index in [4.69, 9.17) is 5.26 Å². The van der Waals surface area contributed by atoms with Crippen LogP contribution in [0, 0.1) is 11.3 Å². The molecule has 0 spiro atoms. The predicted octanol–water partition coefficient (Wildman–Crippen LogP) is 2.18. The Hall–Kier alpha value is -1.37. The van der Waals surface area contributed by atoms with Gasteiger partial charge in [-0.2, -0.15) is 5.26 Å². The highest BCUT2D eigenvalue weighted by atomic mass is 16.3. The molecule has 0 fully saturated rings. The Kier molecular flexibility index (Phi) is 5.14. The van der Waals surface area contributed by atoms with E-state index in [0.717, 1.165) is 12.0 Å². The van der Waals surface area contributed by atoms with Crippen molar-refractivity contribution < 1.29 is 10.2 Å². The van der Waals surface area contributed by atoms with Crippen LogP contribution in [0.3, 0.4) is 0 Å². The SMILES string of the molecule is CCC(CC(O)C(C)O)c1ccc(C#N)cc1. The monoisotopic (exact) mass is 233 g/mol. The van der Waals surface area contributed by atoms with Crippen LogP contribution in [0.5, 0.6) is 0 Å². The van der Waals surface area contributed by atoms with E-state index in [1.807, 2.05) is 12.1 Å². The van der Waals surface area contributed by atoms with E-state index in [1.165, 1.54) is 0 Å². The fourth-order valence-corrected chi connectivity index (χ4v) is 1.86. The molecule has 1 rings (SSSR count). The van der Waals surface area contributed by atoms with Gasteiger partial charge in [-0.1, -0.05) is 19.1 Å². The van der Waals surface area contributed by atoms with Gasteiger partial charge in [-0.15, -0.1) is 0 Å². The Morgan fingerprint density at radius 1 is 1.24 bits per heavy atom. The van der Waals surface area contributed by atoms with Crippen molar-refractivity contribution in [2.45, 2.75) is 44.8 Å². The standard InChI is InChI=1S/C14H19NO2/c1-3-12(8-14(17)10(2)16)13-6-4-11(9-15)5-7-13/h4-7,10,12,14,16-17H,3,8H2,1-2H3. The van der Waals surface area contributed by atoms with Crippen molar-refractivity contribution in [1.29, 1.82) is 5.26 Å². The Bertz CT molecular complexity index is 378. The van der Waals surface area contributed by atoms with E-state index in [0.29, 0.717) is 12.0 Å². The molecule has 3 unspecified atom stereocenters. The molecule has 3 heteroatoms. The molecule has 1 aromatic rings. The van der Waals surface area contributed by atoms with Crippen molar-refractivity contribution in [2.24, 2.45) is 0 Å². The number of aliphatic hydroxyl groups is 2. The van der Waals surface area contributed by atoms with Crippen molar-refractivity contribution in [2.75, 3.05) is 0 Å². The van der Waals surface area contributed by atoms with E-state index >= 15 is 0 Å².